The van der Waals surface area contributed by atoms with Crippen LogP contribution in [0.1, 0.15) is 20.8 Å². The Labute approximate surface area is 113 Å². The Kier molecular flexibility index (Phi) is 3.99. The van der Waals surface area contributed by atoms with Crippen molar-refractivity contribution in [1.82, 2.24) is 9.80 Å². The highest BCUT2D eigenvalue weighted by Gasteiger charge is 2.40. The number of morpholine rings is 1. The van der Waals surface area contributed by atoms with Gasteiger partial charge in [0.05, 0.1) is 24.7 Å². The van der Waals surface area contributed by atoms with Crippen LogP contribution in [-0.4, -0.2) is 65.3 Å². The third-order valence-electron chi connectivity index (χ3n) is 4.05. The van der Waals surface area contributed by atoms with Crippen LogP contribution in [0.3, 0.4) is 0 Å². The third kappa shape index (κ3) is 2.83. The van der Waals surface area contributed by atoms with Crippen LogP contribution in [0.5, 0.6) is 0 Å². The molecule has 2 rings (SSSR count). The van der Waals surface area contributed by atoms with Gasteiger partial charge in [0.15, 0.2) is 0 Å². The molecule has 0 aliphatic carbocycles. The number of carbonyl (C=O) groups excluding carboxylic acids is 1. The Balaban J connectivity index is 2.02. The minimum Gasteiger partial charge on any atom is -0.481 e. The molecule has 0 saturated carbocycles. The predicted molar refractivity (Wildman–Crippen MR) is 68.8 cm³/mol. The van der Waals surface area contributed by atoms with Crippen molar-refractivity contribution in [2.75, 3.05) is 26.2 Å². The average Bonchev–Trinajstić information content (AvgIpc) is 2.74. The normalized spacial score (nSPS) is 35.5. The van der Waals surface area contributed by atoms with Gasteiger partial charge < -0.3 is 19.6 Å². The van der Waals surface area contributed by atoms with E-state index in [-0.39, 0.29) is 24.1 Å². The molecule has 2 amide bonds. The summed E-state index contributed by atoms with van der Waals surface area (Å²) in [6.07, 6.45) is 0.0375. The van der Waals surface area contributed by atoms with E-state index < -0.39 is 11.9 Å². The highest BCUT2D eigenvalue weighted by molar-refractivity contribution is 5.78. The van der Waals surface area contributed by atoms with Crippen LogP contribution in [0.25, 0.3) is 0 Å². The molecule has 0 radical (unpaired) electrons. The van der Waals surface area contributed by atoms with E-state index in [1.54, 1.807) is 9.80 Å². The van der Waals surface area contributed by atoms with Gasteiger partial charge in [-0.2, -0.15) is 0 Å². The molecule has 6 nitrogen and oxygen atoms in total. The van der Waals surface area contributed by atoms with Crippen LogP contribution in [0.4, 0.5) is 4.79 Å². The summed E-state index contributed by atoms with van der Waals surface area (Å²) < 4.78 is 5.51. The van der Waals surface area contributed by atoms with Gasteiger partial charge in [-0.15, -0.1) is 0 Å². The summed E-state index contributed by atoms with van der Waals surface area (Å²) in [5.41, 5.74) is 0. The number of likely N-dealkylation sites (tertiary alicyclic amines) is 1. The highest BCUT2D eigenvalue weighted by atomic mass is 16.5. The van der Waals surface area contributed by atoms with Crippen molar-refractivity contribution in [3.05, 3.63) is 0 Å². The molecule has 6 heteroatoms. The molecule has 1 N–H and O–H groups in total. The lowest BCUT2D eigenvalue weighted by atomic mass is 9.99. The van der Waals surface area contributed by atoms with E-state index in [2.05, 4.69) is 0 Å². The molecule has 0 aromatic carbocycles. The van der Waals surface area contributed by atoms with Gasteiger partial charge in [-0.05, 0) is 19.8 Å². The zero-order valence-electron chi connectivity index (χ0n) is 11.7. The van der Waals surface area contributed by atoms with Gasteiger partial charge in [-0.3, -0.25) is 4.79 Å². The van der Waals surface area contributed by atoms with Crippen molar-refractivity contribution >= 4 is 12.0 Å². The molecular weight excluding hydrogens is 248 g/mol. The fourth-order valence-electron chi connectivity index (χ4n) is 2.80. The summed E-state index contributed by atoms with van der Waals surface area (Å²) in [7, 11) is 0. The van der Waals surface area contributed by atoms with Gasteiger partial charge in [-0.25, -0.2) is 4.79 Å². The van der Waals surface area contributed by atoms with Gasteiger partial charge in [0.1, 0.15) is 0 Å². The molecule has 0 aromatic heterocycles. The Hall–Kier alpha value is -1.30. The van der Waals surface area contributed by atoms with Crippen LogP contribution in [0.15, 0.2) is 0 Å². The zero-order valence-corrected chi connectivity index (χ0v) is 11.7. The Morgan fingerprint density at radius 3 is 2.42 bits per heavy atom. The topological polar surface area (TPSA) is 70.1 Å². The predicted octanol–water partition coefficient (Wildman–Crippen LogP) is 0.868. The number of carboxylic acid groups (broad SMARTS) is 1. The van der Waals surface area contributed by atoms with E-state index in [0.29, 0.717) is 26.2 Å². The van der Waals surface area contributed by atoms with Crippen LogP contribution in [-0.2, 0) is 9.53 Å². The highest BCUT2D eigenvalue weighted by Crippen LogP contribution is 2.25. The van der Waals surface area contributed by atoms with Gasteiger partial charge in [0.25, 0.3) is 0 Å². The number of rotatable bonds is 1. The number of carbonyl (C=O) groups is 2. The van der Waals surface area contributed by atoms with Crippen LogP contribution < -0.4 is 0 Å². The quantitative estimate of drug-likeness (QED) is 0.767. The standard InChI is InChI=1S/C13H22N2O4/c1-8-4-14(6-11(8)12(16)17)13(18)15-5-10(3)19-7-9(15)2/h8-11H,4-7H2,1-3H3,(H,16,17). The van der Waals surface area contributed by atoms with Crippen molar-refractivity contribution < 1.29 is 19.4 Å². The van der Waals surface area contributed by atoms with Crippen molar-refractivity contribution in [2.45, 2.75) is 32.9 Å². The molecule has 4 atom stereocenters. The zero-order chi connectivity index (χ0) is 14.2. The van der Waals surface area contributed by atoms with Crippen molar-refractivity contribution in [3.8, 4) is 0 Å². The minimum absolute atomic E-state index is 0.00946. The lowest BCUT2D eigenvalue weighted by Crippen LogP contribution is -2.54. The van der Waals surface area contributed by atoms with E-state index >= 15 is 0 Å². The second-order valence-corrected chi connectivity index (χ2v) is 5.75. The molecule has 2 fully saturated rings. The number of carboxylic acids is 1. The number of hydrogen-bond acceptors (Lipinski definition) is 3. The molecule has 2 heterocycles. The molecule has 108 valence electrons. The number of urea groups is 1. The molecule has 2 saturated heterocycles. The first-order valence-corrected chi connectivity index (χ1v) is 6.80. The van der Waals surface area contributed by atoms with Crippen molar-refractivity contribution in [3.63, 3.8) is 0 Å². The molecule has 2 aliphatic heterocycles. The van der Waals surface area contributed by atoms with Gasteiger partial charge in [0, 0.05) is 19.6 Å². The minimum atomic E-state index is -0.814. The maximum atomic E-state index is 12.5. The van der Waals surface area contributed by atoms with Gasteiger partial charge >= 0.3 is 12.0 Å². The van der Waals surface area contributed by atoms with Crippen LogP contribution in [0, 0.1) is 11.8 Å². The number of hydrogen-bond donors (Lipinski definition) is 1. The van der Waals surface area contributed by atoms with E-state index in [0.717, 1.165) is 0 Å². The molecular formula is C13H22N2O4. The largest absolute Gasteiger partial charge is 0.481 e. The summed E-state index contributed by atoms with van der Waals surface area (Å²) in [5, 5.41) is 9.12. The molecule has 0 bridgehead atoms. The van der Waals surface area contributed by atoms with E-state index in [1.165, 1.54) is 0 Å². The molecule has 0 aromatic rings. The molecule has 2 aliphatic rings. The summed E-state index contributed by atoms with van der Waals surface area (Å²) in [5.74, 6) is -1.25. The number of nitrogens with zero attached hydrogens (tertiary/aromatic N) is 2. The average molecular weight is 270 g/mol. The number of amides is 2. The Morgan fingerprint density at radius 1 is 1.16 bits per heavy atom. The Bertz CT molecular complexity index is 374. The smallest absolute Gasteiger partial charge is 0.320 e. The summed E-state index contributed by atoms with van der Waals surface area (Å²) >= 11 is 0. The second kappa shape index (κ2) is 5.36. The lowest BCUT2D eigenvalue weighted by Gasteiger charge is -2.38. The SMILES string of the molecule is CC1CN(C(=O)N2CC(C)C(C(=O)O)C2)C(C)CO1. The van der Waals surface area contributed by atoms with Crippen molar-refractivity contribution in [2.24, 2.45) is 11.8 Å². The number of ether oxygens (including phenoxy) is 1. The lowest BCUT2D eigenvalue weighted by molar-refractivity contribution is -0.142. The van der Waals surface area contributed by atoms with Gasteiger partial charge in [-0.1, -0.05) is 6.92 Å². The number of aliphatic carboxylic acids is 1. The van der Waals surface area contributed by atoms with Crippen LogP contribution >= 0.6 is 0 Å². The molecule has 4 unspecified atom stereocenters. The second-order valence-electron chi connectivity index (χ2n) is 5.75. The fourth-order valence-corrected chi connectivity index (χ4v) is 2.80. The van der Waals surface area contributed by atoms with E-state index in [4.69, 9.17) is 9.84 Å². The first kappa shape index (κ1) is 14.1. The maximum absolute atomic E-state index is 12.5. The summed E-state index contributed by atoms with van der Waals surface area (Å²) in [6.45, 7) is 7.73. The Morgan fingerprint density at radius 2 is 1.84 bits per heavy atom. The van der Waals surface area contributed by atoms with E-state index in [1.807, 2.05) is 20.8 Å². The van der Waals surface area contributed by atoms with Crippen LogP contribution in [0.2, 0.25) is 0 Å². The first-order chi connectivity index (χ1) is 8.90. The summed E-state index contributed by atoms with van der Waals surface area (Å²) in [4.78, 5) is 27.0. The van der Waals surface area contributed by atoms with E-state index in [9.17, 15) is 9.59 Å². The molecule has 19 heavy (non-hydrogen) atoms. The summed E-state index contributed by atoms with van der Waals surface area (Å²) in [6, 6.07) is -0.0128. The monoisotopic (exact) mass is 270 g/mol. The fraction of sp³-hybridized carbons (Fsp3) is 0.846. The van der Waals surface area contributed by atoms with Gasteiger partial charge in [0.2, 0.25) is 0 Å². The maximum Gasteiger partial charge on any atom is 0.320 e. The van der Waals surface area contributed by atoms with Crippen molar-refractivity contribution in [1.29, 1.82) is 0 Å². The third-order valence-corrected chi connectivity index (χ3v) is 4.05. The molecule has 0 spiro atoms. The first-order valence-electron chi connectivity index (χ1n) is 6.80.